The topological polar surface area (TPSA) is 99.1 Å². The highest BCUT2D eigenvalue weighted by atomic mass is 28.3. The summed E-state index contributed by atoms with van der Waals surface area (Å²) < 4.78 is 41.2. The van der Waals surface area contributed by atoms with Gasteiger partial charge in [-0.15, -0.1) is 5.54 Å². The molecule has 0 saturated carbocycles. The maximum atomic E-state index is 17.4. The second kappa shape index (κ2) is 14.6. The average Bonchev–Trinajstić information content (AvgIpc) is 3.36. The molecule has 0 unspecified atom stereocenters. The van der Waals surface area contributed by atoms with Gasteiger partial charge in [-0.3, -0.25) is 4.90 Å². The maximum Gasteiger partial charge on any atom is 0.410 e. The Balaban J connectivity index is 1.41. The van der Waals surface area contributed by atoms with Crippen LogP contribution >= 0.6 is 0 Å². The number of hydrogen-bond donors (Lipinski definition) is 0. The van der Waals surface area contributed by atoms with Crippen LogP contribution in [0.1, 0.15) is 87.6 Å². The molecule has 0 aliphatic carbocycles. The molecule has 10 nitrogen and oxygen atoms in total. The number of hydrogen-bond acceptors (Lipinski definition) is 9. The van der Waals surface area contributed by atoms with Gasteiger partial charge >= 0.3 is 6.09 Å². The van der Waals surface area contributed by atoms with E-state index in [1.54, 1.807) is 13.2 Å². The Bertz CT molecular complexity index is 2170. The number of halogens is 1. The molecular weight excluding hydrogens is 714 g/mol. The van der Waals surface area contributed by atoms with Crippen LogP contribution in [0.3, 0.4) is 0 Å². The Kier molecular flexibility index (Phi) is 10.3. The number of pyridine rings is 1. The van der Waals surface area contributed by atoms with Crippen LogP contribution in [-0.4, -0.2) is 84.3 Å². The Labute approximate surface area is 325 Å². The zero-order valence-corrected chi connectivity index (χ0v) is 35.0. The first kappa shape index (κ1) is 38.8. The highest BCUT2D eigenvalue weighted by Crippen LogP contribution is 2.47. The van der Waals surface area contributed by atoms with Crippen LogP contribution in [0.15, 0.2) is 36.7 Å². The maximum absolute atomic E-state index is 17.4. The van der Waals surface area contributed by atoms with E-state index < -0.39 is 25.6 Å². The van der Waals surface area contributed by atoms with Gasteiger partial charge in [-0.2, -0.15) is 0 Å². The summed E-state index contributed by atoms with van der Waals surface area (Å²) in [6, 6.07) is 9.15. The van der Waals surface area contributed by atoms with Gasteiger partial charge in [-0.1, -0.05) is 59.6 Å². The van der Waals surface area contributed by atoms with Crippen molar-refractivity contribution in [2.24, 2.45) is 0 Å². The molecule has 2 saturated heterocycles. The van der Waals surface area contributed by atoms with Crippen molar-refractivity contribution in [1.29, 1.82) is 0 Å². The number of anilines is 1. The first-order valence-electron chi connectivity index (χ1n) is 19.6. The number of carbonyl (C=O) groups excluding carboxylic acids is 1. The van der Waals surface area contributed by atoms with Gasteiger partial charge in [0.15, 0.2) is 12.6 Å². The Morgan fingerprint density at radius 2 is 1.78 bits per heavy atom. The van der Waals surface area contributed by atoms with Crippen LogP contribution in [-0.2, 0) is 9.47 Å². The van der Waals surface area contributed by atoms with Gasteiger partial charge in [-0.05, 0) is 80.7 Å². The molecule has 2 aromatic carbocycles. The van der Waals surface area contributed by atoms with Crippen molar-refractivity contribution in [2.45, 2.75) is 129 Å². The standard InChI is InChI=1S/C43H54FN5O5Si/c1-24(2)55(25(3)4,26(5)6)18-17-28-13-12-14-29-19-31(52-23-51-11)20-32(34(28)29)37-36(44)38-35-40(46-22-45-38)48-21-30-15-16-33(39(48)27(7)53-41(35)47-37)49(30)42(50)54-43(8,9)10/h12-14,19-20,22,24-27,30,33,39H,15-16,21,23H2,1-11H3/t27-,30+,33-,39+/m0/s1. The third-order valence-corrected chi connectivity index (χ3v) is 18.2. The first-order chi connectivity index (χ1) is 26.1. The third kappa shape index (κ3) is 6.67. The van der Waals surface area contributed by atoms with Crippen molar-refractivity contribution >= 4 is 41.7 Å². The van der Waals surface area contributed by atoms with Crippen molar-refractivity contribution in [2.75, 3.05) is 25.3 Å². The largest absolute Gasteiger partial charge is 0.472 e. The van der Waals surface area contributed by atoms with Gasteiger partial charge in [-0.25, -0.2) is 24.1 Å². The summed E-state index contributed by atoms with van der Waals surface area (Å²) in [5, 5.41) is 2.03. The van der Waals surface area contributed by atoms with E-state index in [1.165, 1.54) is 6.33 Å². The van der Waals surface area contributed by atoms with Crippen molar-refractivity contribution in [3.05, 3.63) is 48.0 Å². The van der Waals surface area contributed by atoms with Crippen LogP contribution < -0.4 is 14.4 Å². The van der Waals surface area contributed by atoms with E-state index in [-0.39, 0.29) is 48.1 Å². The summed E-state index contributed by atoms with van der Waals surface area (Å²) in [6.07, 6.45) is 2.25. The van der Waals surface area contributed by atoms with E-state index in [0.29, 0.717) is 45.7 Å². The smallest absolute Gasteiger partial charge is 0.410 e. The van der Waals surface area contributed by atoms with Crippen molar-refractivity contribution < 1.29 is 28.1 Å². The molecule has 292 valence electrons. The van der Waals surface area contributed by atoms with Crippen molar-refractivity contribution in [3.8, 4) is 34.4 Å². The average molecular weight is 768 g/mol. The predicted molar refractivity (Wildman–Crippen MR) is 217 cm³/mol. The van der Waals surface area contributed by atoms with Crippen molar-refractivity contribution in [3.63, 3.8) is 0 Å². The highest BCUT2D eigenvalue weighted by molar-refractivity contribution is 6.90. The summed E-state index contributed by atoms with van der Waals surface area (Å²) in [5.41, 5.74) is 6.08. The SMILES string of the molecule is COCOc1cc(-c2nc3c4c(ncnc4c2F)N2C[C@H]4CC[C@@H]([C@H]2[C@H](C)O3)N4C(=O)OC(C)(C)C)c2c(C#C[Si](C(C)C)(C(C)C)C(C)C)cccc2c1. The summed E-state index contributed by atoms with van der Waals surface area (Å²) >= 11 is 0. The van der Waals surface area contributed by atoms with Gasteiger partial charge in [0.05, 0.1) is 18.1 Å². The number of fused-ring (bicyclic) bond motifs is 6. The zero-order valence-electron chi connectivity index (χ0n) is 34.0. The van der Waals surface area contributed by atoms with E-state index in [1.807, 2.05) is 56.9 Å². The molecule has 2 bridgehead atoms. The third-order valence-electron chi connectivity index (χ3n) is 11.9. The fraction of sp³-hybridized carbons (Fsp3) is 0.535. The number of carbonyl (C=O) groups is 1. The van der Waals surface area contributed by atoms with E-state index in [4.69, 9.17) is 28.9 Å². The van der Waals surface area contributed by atoms with E-state index in [2.05, 4.69) is 62.9 Å². The molecule has 55 heavy (non-hydrogen) atoms. The number of piperazine rings is 1. The molecule has 7 rings (SSSR count). The molecular formula is C43H54FN5O5Si. The molecule has 2 aromatic heterocycles. The lowest BCUT2D eigenvalue weighted by Crippen LogP contribution is -2.65. The number of amides is 1. The Hall–Kier alpha value is -4.47. The fourth-order valence-electron chi connectivity index (χ4n) is 9.67. The van der Waals surface area contributed by atoms with Crippen LogP contribution in [0.2, 0.25) is 16.6 Å². The van der Waals surface area contributed by atoms with E-state index in [9.17, 15) is 4.79 Å². The molecule has 5 heterocycles. The van der Waals surface area contributed by atoms with Crippen LogP contribution in [0, 0.1) is 17.3 Å². The summed E-state index contributed by atoms with van der Waals surface area (Å²) in [4.78, 5) is 31.9. The lowest BCUT2D eigenvalue weighted by molar-refractivity contribution is 0.000954. The minimum absolute atomic E-state index is 0.0194. The van der Waals surface area contributed by atoms with Crippen molar-refractivity contribution in [1.82, 2.24) is 19.9 Å². The Morgan fingerprint density at radius 1 is 1.05 bits per heavy atom. The summed E-state index contributed by atoms with van der Waals surface area (Å²) in [5.74, 6) is 4.35. The molecule has 1 amide bonds. The normalized spacial score (nSPS) is 20.8. The quantitative estimate of drug-likeness (QED) is 0.104. The van der Waals surface area contributed by atoms with E-state index >= 15 is 4.39 Å². The number of rotatable bonds is 7. The molecule has 3 aliphatic rings. The monoisotopic (exact) mass is 767 g/mol. The number of methoxy groups -OCH3 is 1. The predicted octanol–water partition coefficient (Wildman–Crippen LogP) is 9.27. The minimum atomic E-state index is -2.11. The van der Waals surface area contributed by atoms with Crippen LogP contribution in [0.5, 0.6) is 11.6 Å². The molecule has 2 fully saturated rings. The summed E-state index contributed by atoms with van der Waals surface area (Å²) in [7, 11) is -0.548. The molecule has 0 N–H and O–H groups in total. The molecule has 4 atom stereocenters. The summed E-state index contributed by atoms with van der Waals surface area (Å²) in [6.45, 7) is 21.9. The molecule has 0 spiro atoms. The highest BCUT2D eigenvalue weighted by Gasteiger charge is 2.53. The van der Waals surface area contributed by atoms with Crippen LogP contribution in [0.4, 0.5) is 15.0 Å². The van der Waals surface area contributed by atoms with Gasteiger partial charge < -0.3 is 23.8 Å². The number of benzene rings is 2. The van der Waals surface area contributed by atoms with Gasteiger partial charge in [0, 0.05) is 30.2 Å². The zero-order chi connectivity index (χ0) is 39.6. The fourth-order valence-corrected chi connectivity index (χ4v) is 14.9. The second-order valence-corrected chi connectivity index (χ2v) is 22.8. The van der Waals surface area contributed by atoms with Gasteiger partial charge in [0.25, 0.3) is 0 Å². The second-order valence-electron chi connectivity index (χ2n) is 17.2. The van der Waals surface area contributed by atoms with E-state index in [0.717, 1.165) is 29.2 Å². The molecule has 3 aliphatic heterocycles. The number of aromatic nitrogens is 3. The minimum Gasteiger partial charge on any atom is -0.472 e. The number of nitrogens with zero attached hydrogens (tertiary/aromatic N) is 5. The Morgan fingerprint density at radius 3 is 2.45 bits per heavy atom. The lowest BCUT2D eigenvalue weighted by Gasteiger charge is -2.48. The molecule has 12 heteroatoms. The molecule has 0 radical (unpaired) electrons. The van der Waals surface area contributed by atoms with Gasteiger partial charge in [0.1, 0.15) is 54.3 Å². The van der Waals surface area contributed by atoms with Crippen LogP contribution in [0.25, 0.3) is 32.9 Å². The lowest BCUT2D eigenvalue weighted by atomic mass is 9.96. The van der Waals surface area contributed by atoms with Gasteiger partial charge in [0.2, 0.25) is 5.88 Å². The molecule has 4 aromatic rings. The number of ether oxygens (including phenoxy) is 4. The first-order valence-corrected chi connectivity index (χ1v) is 21.8.